The number of pyridine rings is 1. The van der Waals surface area contributed by atoms with Gasteiger partial charge in [-0.1, -0.05) is 23.9 Å². The largest absolute Gasteiger partial charge is 0.492 e. The number of amides is 1. The number of esters is 1. The number of nitriles is 1. The van der Waals surface area contributed by atoms with Gasteiger partial charge in [0, 0.05) is 0 Å². The predicted molar refractivity (Wildman–Crippen MR) is 111 cm³/mol. The highest BCUT2D eigenvalue weighted by Crippen LogP contribution is 2.29. The topological polar surface area (TPSA) is 101 Å². The highest BCUT2D eigenvalue weighted by molar-refractivity contribution is 8.00. The van der Waals surface area contributed by atoms with Crippen molar-refractivity contribution in [3.8, 4) is 11.8 Å². The van der Waals surface area contributed by atoms with Crippen LogP contribution in [0.15, 0.2) is 35.4 Å². The first kappa shape index (κ1) is 22.2. The average Bonchev–Trinajstić information content (AvgIpc) is 2.70. The number of aryl methyl sites for hydroxylation is 1. The van der Waals surface area contributed by atoms with Gasteiger partial charge < -0.3 is 14.8 Å². The number of ether oxygens (including phenoxy) is 2. The van der Waals surface area contributed by atoms with Crippen LogP contribution in [0.2, 0.25) is 0 Å². The minimum atomic E-state index is -0.530. The number of nitrogens with one attached hydrogen (secondary N) is 1. The summed E-state index contributed by atoms with van der Waals surface area (Å²) >= 11 is 1.15. The fraction of sp³-hybridized carbons (Fsp3) is 0.333. The Morgan fingerprint density at radius 2 is 2.00 bits per heavy atom. The third kappa shape index (κ3) is 5.72. The number of carbonyl (C=O) groups is 2. The molecule has 1 aromatic carbocycles. The van der Waals surface area contributed by atoms with Crippen LogP contribution in [0.25, 0.3) is 0 Å². The maximum Gasteiger partial charge on any atom is 0.340 e. The van der Waals surface area contributed by atoms with Gasteiger partial charge in [-0.25, -0.2) is 9.78 Å². The van der Waals surface area contributed by atoms with Crippen molar-refractivity contribution in [2.24, 2.45) is 0 Å². The minimum Gasteiger partial charge on any atom is -0.492 e. The van der Waals surface area contributed by atoms with E-state index in [9.17, 15) is 14.9 Å². The van der Waals surface area contributed by atoms with Gasteiger partial charge in [-0.3, -0.25) is 4.79 Å². The first-order chi connectivity index (χ1) is 13.9. The van der Waals surface area contributed by atoms with Crippen LogP contribution in [-0.4, -0.2) is 35.3 Å². The van der Waals surface area contributed by atoms with Gasteiger partial charge in [0.15, 0.2) is 0 Å². The van der Waals surface area contributed by atoms with Crippen molar-refractivity contribution in [2.75, 3.05) is 18.5 Å². The molecule has 0 bridgehead atoms. The molecular weight excluding hydrogens is 390 g/mol. The number of carbonyl (C=O) groups excluding carboxylic acids is 2. The lowest BCUT2D eigenvalue weighted by atomic mass is 10.1. The number of hydrogen-bond donors (Lipinski definition) is 1. The van der Waals surface area contributed by atoms with E-state index in [0.717, 1.165) is 11.8 Å². The minimum absolute atomic E-state index is 0.220. The zero-order valence-electron chi connectivity index (χ0n) is 16.8. The normalized spacial score (nSPS) is 11.3. The number of rotatable bonds is 8. The summed E-state index contributed by atoms with van der Waals surface area (Å²) in [4.78, 5) is 29.0. The molecule has 1 N–H and O–H groups in total. The summed E-state index contributed by atoms with van der Waals surface area (Å²) in [5, 5.41) is 12.2. The van der Waals surface area contributed by atoms with Crippen LogP contribution in [-0.2, 0) is 9.53 Å². The fourth-order valence-corrected chi connectivity index (χ4v) is 3.40. The Bertz CT molecular complexity index is 940. The number of anilines is 1. The van der Waals surface area contributed by atoms with Gasteiger partial charge in [0.05, 0.1) is 41.0 Å². The van der Waals surface area contributed by atoms with E-state index in [-0.39, 0.29) is 23.6 Å². The molecule has 0 spiro atoms. The molecule has 0 saturated carbocycles. The Balaban J connectivity index is 2.19. The van der Waals surface area contributed by atoms with Gasteiger partial charge in [-0.05, 0) is 45.9 Å². The molecule has 0 unspecified atom stereocenters. The molecule has 0 saturated heterocycles. The van der Waals surface area contributed by atoms with Gasteiger partial charge in [-0.15, -0.1) is 0 Å². The summed E-state index contributed by atoms with van der Waals surface area (Å²) in [5.41, 5.74) is 1.49. The Morgan fingerprint density at radius 3 is 2.66 bits per heavy atom. The summed E-state index contributed by atoms with van der Waals surface area (Å²) in [7, 11) is 0. The van der Waals surface area contributed by atoms with Crippen molar-refractivity contribution in [3.05, 3.63) is 47.2 Å². The molecule has 0 aliphatic heterocycles. The Labute approximate surface area is 174 Å². The highest BCUT2D eigenvalue weighted by atomic mass is 32.2. The SMILES string of the molecule is CCOC(=O)c1cc(C#N)c(S[C@@H](C)C(=O)Nc2ccccc2OCC)nc1C. The molecule has 152 valence electrons. The van der Waals surface area contributed by atoms with Crippen molar-refractivity contribution in [1.82, 2.24) is 4.98 Å². The van der Waals surface area contributed by atoms with Crippen molar-refractivity contribution in [2.45, 2.75) is 38.0 Å². The third-order valence-electron chi connectivity index (χ3n) is 3.90. The molecule has 1 atom stereocenters. The van der Waals surface area contributed by atoms with Crippen LogP contribution in [0.3, 0.4) is 0 Å². The van der Waals surface area contributed by atoms with Crippen LogP contribution >= 0.6 is 11.8 Å². The van der Waals surface area contributed by atoms with Crippen molar-refractivity contribution in [3.63, 3.8) is 0 Å². The Hall–Kier alpha value is -3.05. The molecule has 0 aliphatic carbocycles. The van der Waals surface area contributed by atoms with Crippen molar-refractivity contribution in [1.29, 1.82) is 5.26 Å². The van der Waals surface area contributed by atoms with E-state index in [1.165, 1.54) is 6.07 Å². The van der Waals surface area contributed by atoms with Gasteiger partial charge in [0.1, 0.15) is 16.8 Å². The first-order valence-corrected chi connectivity index (χ1v) is 10.1. The molecule has 1 aromatic heterocycles. The van der Waals surface area contributed by atoms with Crippen LogP contribution in [0, 0.1) is 18.3 Å². The lowest BCUT2D eigenvalue weighted by molar-refractivity contribution is -0.115. The molecule has 2 rings (SSSR count). The second-order valence-corrected chi connectivity index (χ2v) is 7.31. The first-order valence-electron chi connectivity index (χ1n) is 9.19. The molecule has 1 heterocycles. The number of para-hydroxylation sites is 2. The highest BCUT2D eigenvalue weighted by Gasteiger charge is 2.21. The Kier molecular flexibility index (Phi) is 8.04. The molecule has 0 radical (unpaired) electrons. The predicted octanol–water partition coefficient (Wildman–Crippen LogP) is 3.96. The average molecular weight is 413 g/mol. The van der Waals surface area contributed by atoms with E-state index in [4.69, 9.17) is 9.47 Å². The smallest absolute Gasteiger partial charge is 0.340 e. The maximum absolute atomic E-state index is 12.6. The number of aromatic nitrogens is 1. The summed E-state index contributed by atoms with van der Waals surface area (Å²) in [5.74, 6) is -0.185. The zero-order chi connectivity index (χ0) is 21.4. The lowest BCUT2D eigenvalue weighted by Gasteiger charge is -2.15. The van der Waals surface area contributed by atoms with Crippen LogP contribution < -0.4 is 10.1 Å². The molecule has 2 aromatic rings. The van der Waals surface area contributed by atoms with Crippen molar-refractivity contribution < 1.29 is 19.1 Å². The van der Waals surface area contributed by atoms with E-state index in [1.807, 2.05) is 25.1 Å². The molecule has 7 nitrogen and oxygen atoms in total. The van der Waals surface area contributed by atoms with E-state index in [2.05, 4.69) is 10.3 Å². The standard InChI is InChI=1S/C21H23N3O4S/c1-5-27-18-10-8-7-9-17(18)24-19(25)14(4)29-20-15(12-22)11-16(13(3)23-20)21(26)28-6-2/h7-11,14H,5-6H2,1-4H3,(H,24,25)/t14-/m0/s1. The van der Waals surface area contributed by atoms with E-state index in [1.54, 1.807) is 32.9 Å². The molecule has 0 aliphatic rings. The lowest BCUT2D eigenvalue weighted by Crippen LogP contribution is -2.23. The van der Waals surface area contributed by atoms with E-state index >= 15 is 0 Å². The van der Waals surface area contributed by atoms with E-state index in [0.29, 0.717) is 28.8 Å². The Morgan fingerprint density at radius 1 is 1.28 bits per heavy atom. The van der Waals surface area contributed by atoms with Gasteiger partial charge in [0.2, 0.25) is 5.91 Å². The molecule has 1 amide bonds. The van der Waals surface area contributed by atoms with Gasteiger partial charge in [0.25, 0.3) is 0 Å². The number of thioether (sulfide) groups is 1. The van der Waals surface area contributed by atoms with Crippen LogP contribution in [0.4, 0.5) is 5.69 Å². The summed E-state index contributed by atoms with van der Waals surface area (Å²) in [6.07, 6.45) is 0. The molecular formula is C21H23N3O4S. The summed E-state index contributed by atoms with van der Waals surface area (Å²) < 4.78 is 10.5. The van der Waals surface area contributed by atoms with Gasteiger partial charge >= 0.3 is 5.97 Å². The monoisotopic (exact) mass is 413 g/mol. The molecule has 29 heavy (non-hydrogen) atoms. The zero-order valence-corrected chi connectivity index (χ0v) is 17.6. The second-order valence-electron chi connectivity index (χ2n) is 5.98. The summed E-state index contributed by atoms with van der Waals surface area (Å²) in [6.45, 7) is 7.69. The number of benzene rings is 1. The third-order valence-corrected chi connectivity index (χ3v) is 5.00. The van der Waals surface area contributed by atoms with Crippen LogP contribution in [0.1, 0.15) is 42.4 Å². The maximum atomic E-state index is 12.6. The summed E-state index contributed by atoms with van der Waals surface area (Å²) in [6, 6.07) is 10.7. The van der Waals surface area contributed by atoms with Crippen molar-refractivity contribution >= 4 is 29.3 Å². The second kappa shape index (κ2) is 10.5. The van der Waals surface area contributed by atoms with Crippen LogP contribution in [0.5, 0.6) is 5.75 Å². The number of hydrogen-bond acceptors (Lipinski definition) is 7. The molecule has 0 fully saturated rings. The number of nitrogens with zero attached hydrogens (tertiary/aromatic N) is 2. The quantitative estimate of drug-likeness (QED) is 0.516. The van der Waals surface area contributed by atoms with Gasteiger partial charge in [-0.2, -0.15) is 5.26 Å². The molecule has 8 heteroatoms. The fourth-order valence-electron chi connectivity index (χ4n) is 2.48. The van der Waals surface area contributed by atoms with E-state index < -0.39 is 11.2 Å².